The van der Waals surface area contributed by atoms with Gasteiger partial charge in [0.1, 0.15) is 11.5 Å². The quantitative estimate of drug-likeness (QED) is 0.613. The summed E-state index contributed by atoms with van der Waals surface area (Å²) in [5, 5.41) is 0. The van der Waals surface area contributed by atoms with E-state index in [4.69, 9.17) is 9.47 Å². The zero-order valence-corrected chi connectivity index (χ0v) is 16.4. The Morgan fingerprint density at radius 3 is 1.81 bits per heavy atom. The van der Waals surface area contributed by atoms with Gasteiger partial charge in [0, 0.05) is 14.1 Å². The zero-order valence-electron chi connectivity index (χ0n) is 16.4. The summed E-state index contributed by atoms with van der Waals surface area (Å²) in [6.07, 6.45) is 0. The van der Waals surface area contributed by atoms with Gasteiger partial charge in [-0.05, 0) is 54.4 Å². The summed E-state index contributed by atoms with van der Waals surface area (Å²) in [6.45, 7) is 2.13. The van der Waals surface area contributed by atoms with E-state index in [0.717, 1.165) is 28.3 Å². The monoisotopic (exact) mass is 360 g/mol. The molecule has 0 saturated carbocycles. The molecular formula is C23H24N2O2. The van der Waals surface area contributed by atoms with Gasteiger partial charge in [-0.1, -0.05) is 18.2 Å². The van der Waals surface area contributed by atoms with Gasteiger partial charge in [0.2, 0.25) is 0 Å². The van der Waals surface area contributed by atoms with Crippen LogP contribution in [0.2, 0.25) is 0 Å². The lowest BCUT2D eigenvalue weighted by Crippen LogP contribution is -2.24. The van der Waals surface area contributed by atoms with E-state index in [2.05, 4.69) is 67.2 Å². The Hall–Kier alpha value is -3.14. The van der Waals surface area contributed by atoms with Crippen molar-refractivity contribution in [3.05, 3.63) is 60.2 Å². The second-order valence-electron chi connectivity index (χ2n) is 6.85. The molecule has 4 nitrogen and oxygen atoms in total. The highest BCUT2D eigenvalue weighted by Crippen LogP contribution is 2.49. The lowest BCUT2D eigenvalue weighted by molar-refractivity contribution is 0.397. The largest absolute Gasteiger partial charge is 0.496 e. The van der Waals surface area contributed by atoms with Crippen LogP contribution in [-0.2, 0) is 0 Å². The Bertz CT molecular complexity index is 991. The fourth-order valence-corrected chi connectivity index (χ4v) is 3.81. The molecular weight excluding hydrogens is 336 g/mol. The van der Waals surface area contributed by atoms with Gasteiger partial charge in [-0.15, -0.1) is 0 Å². The number of hydrogen-bond donors (Lipinski definition) is 0. The van der Waals surface area contributed by atoms with Gasteiger partial charge in [-0.2, -0.15) is 0 Å². The number of ether oxygens (including phenoxy) is 2. The fraction of sp³-hybridized carbons (Fsp3) is 0.217. The minimum atomic E-state index is 0.803. The molecule has 0 amide bonds. The molecule has 0 radical (unpaired) electrons. The van der Waals surface area contributed by atoms with Crippen LogP contribution in [0.25, 0.3) is 11.1 Å². The van der Waals surface area contributed by atoms with Gasteiger partial charge in [0.05, 0.1) is 42.5 Å². The molecule has 1 aliphatic heterocycles. The first-order chi connectivity index (χ1) is 13.0. The predicted molar refractivity (Wildman–Crippen MR) is 112 cm³/mol. The Balaban J connectivity index is 1.89. The van der Waals surface area contributed by atoms with Crippen LogP contribution in [-0.4, -0.2) is 28.3 Å². The first kappa shape index (κ1) is 17.3. The molecule has 4 heteroatoms. The maximum atomic E-state index is 5.60. The smallest absolute Gasteiger partial charge is 0.130 e. The van der Waals surface area contributed by atoms with E-state index < -0.39 is 0 Å². The number of fused-ring (bicyclic) bond motifs is 2. The molecule has 1 aliphatic rings. The minimum absolute atomic E-state index is 0.803. The highest BCUT2D eigenvalue weighted by molar-refractivity contribution is 5.95. The Morgan fingerprint density at radius 1 is 0.667 bits per heavy atom. The van der Waals surface area contributed by atoms with Gasteiger partial charge in [0.15, 0.2) is 0 Å². The molecule has 0 spiro atoms. The third-order valence-electron chi connectivity index (χ3n) is 5.27. The molecule has 27 heavy (non-hydrogen) atoms. The Kier molecular flexibility index (Phi) is 4.19. The number of benzene rings is 3. The molecule has 0 N–H and O–H groups in total. The van der Waals surface area contributed by atoms with E-state index in [1.807, 2.05) is 18.2 Å². The summed E-state index contributed by atoms with van der Waals surface area (Å²) in [5.41, 5.74) is 8.03. The Morgan fingerprint density at radius 2 is 1.22 bits per heavy atom. The van der Waals surface area contributed by atoms with Crippen LogP contribution in [0.15, 0.2) is 54.6 Å². The van der Waals surface area contributed by atoms with Crippen molar-refractivity contribution in [2.24, 2.45) is 0 Å². The van der Waals surface area contributed by atoms with Crippen molar-refractivity contribution in [3.8, 4) is 22.6 Å². The van der Waals surface area contributed by atoms with Crippen LogP contribution in [0.3, 0.4) is 0 Å². The molecule has 0 saturated heterocycles. The van der Waals surface area contributed by atoms with Crippen molar-refractivity contribution in [2.75, 3.05) is 38.1 Å². The first-order valence-electron chi connectivity index (χ1n) is 8.98. The standard InChI is InChI=1S/C23H24N2O2/c1-15-9-11-17-19(13-15)24(2)18-12-10-16(14-20(18)25(17)3)23-21(26-4)7-6-8-22(23)27-5/h6-14H,1-5H3. The number of aryl methyl sites for hydroxylation is 1. The number of rotatable bonds is 3. The normalized spacial score (nSPS) is 12.5. The van der Waals surface area contributed by atoms with Crippen LogP contribution in [0.1, 0.15) is 5.56 Å². The maximum Gasteiger partial charge on any atom is 0.130 e. The number of methoxy groups -OCH3 is 2. The molecule has 0 aliphatic carbocycles. The van der Waals surface area contributed by atoms with E-state index in [1.54, 1.807) is 14.2 Å². The van der Waals surface area contributed by atoms with Crippen LogP contribution in [0, 0.1) is 6.92 Å². The molecule has 0 fully saturated rings. The molecule has 4 rings (SSSR count). The lowest BCUT2D eigenvalue weighted by Gasteiger charge is -2.37. The molecule has 3 aromatic rings. The average molecular weight is 360 g/mol. The molecule has 0 aromatic heterocycles. The van der Waals surface area contributed by atoms with E-state index in [1.165, 1.54) is 22.6 Å². The van der Waals surface area contributed by atoms with Crippen molar-refractivity contribution in [2.45, 2.75) is 6.92 Å². The van der Waals surface area contributed by atoms with E-state index in [-0.39, 0.29) is 0 Å². The summed E-state index contributed by atoms with van der Waals surface area (Å²) in [6, 6.07) is 18.9. The molecule has 0 bridgehead atoms. The minimum Gasteiger partial charge on any atom is -0.496 e. The third kappa shape index (κ3) is 2.69. The average Bonchev–Trinajstić information content (AvgIpc) is 2.70. The number of nitrogens with zero attached hydrogens (tertiary/aromatic N) is 2. The van der Waals surface area contributed by atoms with Crippen LogP contribution in [0.4, 0.5) is 22.7 Å². The molecule has 1 heterocycles. The summed E-state index contributed by atoms with van der Waals surface area (Å²) >= 11 is 0. The van der Waals surface area contributed by atoms with Gasteiger partial charge in [-0.3, -0.25) is 0 Å². The number of anilines is 4. The lowest BCUT2D eigenvalue weighted by atomic mass is 9.99. The first-order valence-corrected chi connectivity index (χ1v) is 8.98. The van der Waals surface area contributed by atoms with Crippen LogP contribution in [0.5, 0.6) is 11.5 Å². The van der Waals surface area contributed by atoms with Crippen molar-refractivity contribution >= 4 is 22.7 Å². The maximum absolute atomic E-state index is 5.60. The highest BCUT2D eigenvalue weighted by Gasteiger charge is 2.25. The summed E-state index contributed by atoms with van der Waals surface area (Å²) in [4.78, 5) is 4.50. The second-order valence-corrected chi connectivity index (χ2v) is 6.85. The van der Waals surface area contributed by atoms with Crippen molar-refractivity contribution in [3.63, 3.8) is 0 Å². The molecule has 3 aromatic carbocycles. The van der Waals surface area contributed by atoms with E-state index in [9.17, 15) is 0 Å². The van der Waals surface area contributed by atoms with E-state index >= 15 is 0 Å². The highest BCUT2D eigenvalue weighted by atomic mass is 16.5. The van der Waals surface area contributed by atoms with E-state index in [0.29, 0.717) is 0 Å². The van der Waals surface area contributed by atoms with Crippen LogP contribution >= 0.6 is 0 Å². The summed E-state index contributed by atoms with van der Waals surface area (Å²) < 4.78 is 11.2. The topological polar surface area (TPSA) is 24.9 Å². The molecule has 0 atom stereocenters. The summed E-state index contributed by atoms with van der Waals surface area (Å²) in [7, 11) is 7.61. The van der Waals surface area contributed by atoms with Crippen LogP contribution < -0.4 is 19.3 Å². The third-order valence-corrected chi connectivity index (χ3v) is 5.27. The molecule has 0 unspecified atom stereocenters. The Labute approximate surface area is 160 Å². The van der Waals surface area contributed by atoms with Gasteiger partial charge < -0.3 is 19.3 Å². The fourth-order valence-electron chi connectivity index (χ4n) is 3.81. The predicted octanol–water partition coefficient (Wildman–Crippen LogP) is 5.53. The van der Waals surface area contributed by atoms with Crippen molar-refractivity contribution in [1.29, 1.82) is 0 Å². The van der Waals surface area contributed by atoms with Gasteiger partial charge >= 0.3 is 0 Å². The van der Waals surface area contributed by atoms with Gasteiger partial charge in [-0.25, -0.2) is 0 Å². The SMILES string of the molecule is COc1cccc(OC)c1-c1ccc2c(c1)N(C)c1ccc(C)cc1N2C. The van der Waals surface area contributed by atoms with Gasteiger partial charge in [0.25, 0.3) is 0 Å². The zero-order chi connectivity index (χ0) is 19.1. The molecule has 138 valence electrons. The van der Waals surface area contributed by atoms with Crippen molar-refractivity contribution < 1.29 is 9.47 Å². The number of hydrogen-bond acceptors (Lipinski definition) is 4. The second kappa shape index (κ2) is 6.54. The summed E-state index contributed by atoms with van der Waals surface area (Å²) in [5.74, 6) is 1.61. The van der Waals surface area contributed by atoms with Crippen molar-refractivity contribution in [1.82, 2.24) is 0 Å².